The summed E-state index contributed by atoms with van der Waals surface area (Å²) < 4.78 is 2.08. The van der Waals surface area contributed by atoms with Crippen molar-refractivity contribution in [2.24, 2.45) is 0 Å². The Morgan fingerprint density at radius 2 is 2.78 bits per heavy atom. The molecule has 9 heavy (non-hydrogen) atoms. The molecule has 0 bridgehead atoms. The van der Waals surface area contributed by atoms with Crippen LogP contribution in [-0.4, -0.2) is 14.6 Å². The Morgan fingerprint density at radius 1 is 1.78 bits per heavy atom. The zero-order valence-corrected chi connectivity index (χ0v) is 4.69. The average Bonchev–Trinajstić information content (AvgIpc) is 2.38. The quantitative estimate of drug-likeness (QED) is 0.459. The molecule has 1 aromatic heterocycles. The summed E-state index contributed by atoms with van der Waals surface area (Å²) >= 11 is 0. The summed E-state index contributed by atoms with van der Waals surface area (Å²) in [6.45, 7) is 0.847. The minimum absolute atomic E-state index is 0.181. The topological polar surface area (TPSA) is 33.4 Å². The van der Waals surface area contributed by atoms with Crippen molar-refractivity contribution in [3.8, 4) is 0 Å². The second kappa shape index (κ2) is 1.03. The number of imidazole rings is 1. The summed E-state index contributed by atoms with van der Waals surface area (Å²) in [6.07, 6.45) is 3.94. The van der Waals surface area contributed by atoms with Crippen molar-refractivity contribution >= 4 is 0 Å². The van der Waals surface area contributed by atoms with Crippen molar-refractivity contribution in [2.75, 3.05) is 0 Å². The predicted molar refractivity (Wildman–Crippen MR) is 27.9 cm³/mol. The Hall–Kier alpha value is -0.870. The molecule has 1 saturated heterocycles. The first kappa shape index (κ1) is 4.03. The minimum Gasteiger partial charge on any atom is -0.316 e. The van der Waals surface area contributed by atoms with Crippen LogP contribution in [0, 0.1) is 0 Å². The molecule has 2 aliphatic rings. The largest absolute Gasteiger partial charge is 0.316 e. The van der Waals surface area contributed by atoms with Crippen molar-refractivity contribution in [3.63, 3.8) is 0 Å². The average molecular weight is 123 g/mol. The summed E-state index contributed by atoms with van der Waals surface area (Å²) in [7, 11) is 0. The van der Waals surface area contributed by atoms with E-state index in [1.54, 1.807) is 6.20 Å². The van der Waals surface area contributed by atoms with Crippen LogP contribution in [0.25, 0.3) is 0 Å². The highest BCUT2D eigenvalue weighted by molar-refractivity contribution is 5.03. The molecule has 46 valence electrons. The van der Waals surface area contributed by atoms with Gasteiger partial charge in [-0.25, -0.2) is 4.98 Å². The lowest BCUT2D eigenvalue weighted by atomic mass is 10.6. The number of aromatic nitrogens is 2. The van der Waals surface area contributed by atoms with Gasteiger partial charge in [-0.1, -0.05) is 0 Å². The molecule has 0 N–H and O–H groups in total. The molecule has 3 heterocycles. The van der Waals surface area contributed by atoms with E-state index in [0.717, 1.165) is 12.5 Å². The molecule has 0 aliphatic carbocycles. The van der Waals surface area contributed by atoms with Gasteiger partial charge in [0.05, 0.1) is 0 Å². The van der Waals surface area contributed by atoms with Crippen LogP contribution < -0.4 is 0 Å². The standard InChI is InChI=1S/C5H5N3O/c1-2-7-3-8-5(9-8)4(7)6-1/h1-2,5H,3H2. The fourth-order valence-corrected chi connectivity index (χ4v) is 1.20. The summed E-state index contributed by atoms with van der Waals surface area (Å²) in [4.78, 5) is 9.20. The van der Waals surface area contributed by atoms with E-state index < -0.39 is 0 Å². The maximum absolute atomic E-state index is 5.09. The number of rotatable bonds is 0. The third-order valence-corrected chi connectivity index (χ3v) is 1.71. The Bertz CT molecular complexity index is 256. The number of hydrogen-bond donors (Lipinski definition) is 0. The molecule has 4 heteroatoms. The molecule has 0 radical (unpaired) electrons. The van der Waals surface area contributed by atoms with Gasteiger partial charge in [0.15, 0.2) is 5.82 Å². The molecule has 2 aliphatic heterocycles. The number of hydroxylamine groups is 2. The lowest BCUT2D eigenvalue weighted by Crippen LogP contribution is -1.98. The van der Waals surface area contributed by atoms with Crippen LogP contribution in [0.3, 0.4) is 0 Å². The van der Waals surface area contributed by atoms with Gasteiger partial charge in [0.2, 0.25) is 6.23 Å². The second-order valence-corrected chi connectivity index (χ2v) is 2.27. The summed E-state index contributed by atoms with van der Waals surface area (Å²) in [5.74, 6) is 1.04. The SMILES string of the molecule is c1cn2c(n1)C1ON1C2. The fourth-order valence-electron chi connectivity index (χ4n) is 1.20. The van der Waals surface area contributed by atoms with Crippen LogP contribution >= 0.6 is 0 Å². The maximum atomic E-state index is 5.09. The van der Waals surface area contributed by atoms with Crippen LogP contribution in [0.15, 0.2) is 12.4 Å². The summed E-state index contributed by atoms with van der Waals surface area (Å²) in [6, 6.07) is 0. The van der Waals surface area contributed by atoms with Gasteiger partial charge in [0, 0.05) is 12.4 Å². The normalized spacial score (nSPS) is 36.0. The van der Waals surface area contributed by atoms with Crippen LogP contribution in [0.5, 0.6) is 0 Å². The molecule has 0 amide bonds. The summed E-state index contributed by atoms with van der Waals surface area (Å²) in [5.41, 5.74) is 0. The van der Waals surface area contributed by atoms with Crippen LogP contribution in [0.2, 0.25) is 0 Å². The van der Waals surface area contributed by atoms with Crippen molar-refractivity contribution in [1.82, 2.24) is 14.6 Å². The van der Waals surface area contributed by atoms with E-state index in [2.05, 4.69) is 9.55 Å². The van der Waals surface area contributed by atoms with E-state index in [-0.39, 0.29) is 6.23 Å². The molecule has 4 nitrogen and oxygen atoms in total. The van der Waals surface area contributed by atoms with Crippen LogP contribution in [0.4, 0.5) is 0 Å². The highest BCUT2D eigenvalue weighted by Gasteiger charge is 2.47. The molecule has 2 atom stereocenters. The van der Waals surface area contributed by atoms with E-state index in [4.69, 9.17) is 4.84 Å². The van der Waals surface area contributed by atoms with Gasteiger partial charge in [-0.2, -0.15) is 0 Å². The molecule has 1 fully saturated rings. The smallest absolute Gasteiger partial charge is 0.214 e. The van der Waals surface area contributed by atoms with Crippen molar-refractivity contribution < 1.29 is 4.84 Å². The van der Waals surface area contributed by atoms with Gasteiger partial charge in [-0.3, -0.25) is 4.84 Å². The zero-order chi connectivity index (χ0) is 5.84. The molecule has 1 aromatic rings. The van der Waals surface area contributed by atoms with E-state index in [1.165, 1.54) is 0 Å². The van der Waals surface area contributed by atoms with Crippen molar-refractivity contribution in [1.29, 1.82) is 0 Å². The Kier molecular flexibility index (Phi) is 0.461. The molecule has 0 saturated carbocycles. The van der Waals surface area contributed by atoms with Gasteiger partial charge >= 0.3 is 0 Å². The van der Waals surface area contributed by atoms with Crippen molar-refractivity contribution in [2.45, 2.75) is 12.9 Å². The Labute approximate surface area is 51.6 Å². The van der Waals surface area contributed by atoms with Gasteiger partial charge in [-0.05, 0) is 0 Å². The van der Waals surface area contributed by atoms with E-state index in [1.807, 2.05) is 11.3 Å². The first-order valence-corrected chi connectivity index (χ1v) is 2.89. The Morgan fingerprint density at radius 3 is 3.67 bits per heavy atom. The first-order valence-electron chi connectivity index (χ1n) is 2.89. The number of nitrogens with zero attached hydrogens (tertiary/aromatic N) is 3. The maximum Gasteiger partial charge on any atom is 0.214 e. The predicted octanol–water partition coefficient (Wildman–Crippen LogP) is 0.100. The van der Waals surface area contributed by atoms with Gasteiger partial charge in [0.25, 0.3) is 0 Å². The van der Waals surface area contributed by atoms with E-state index in [9.17, 15) is 0 Å². The minimum atomic E-state index is 0.181. The first-order chi connectivity index (χ1) is 4.45. The van der Waals surface area contributed by atoms with E-state index in [0.29, 0.717) is 0 Å². The highest BCUT2D eigenvalue weighted by atomic mass is 16.8. The molecule has 0 spiro atoms. The van der Waals surface area contributed by atoms with Crippen molar-refractivity contribution in [3.05, 3.63) is 18.2 Å². The van der Waals surface area contributed by atoms with Gasteiger partial charge in [-0.15, -0.1) is 5.06 Å². The third kappa shape index (κ3) is 0.351. The van der Waals surface area contributed by atoms with Gasteiger partial charge in [0.1, 0.15) is 6.67 Å². The van der Waals surface area contributed by atoms with E-state index >= 15 is 0 Å². The van der Waals surface area contributed by atoms with Crippen LogP contribution in [-0.2, 0) is 11.5 Å². The lowest BCUT2D eigenvalue weighted by Gasteiger charge is -1.94. The lowest BCUT2D eigenvalue weighted by molar-refractivity contribution is 0.154. The molecular formula is C5H5N3O. The number of hydrogen-bond acceptors (Lipinski definition) is 3. The zero-order valence-electron chi connectivity index (χ0n) is 4.69. The molecule has 0 aromatic carbocycles. The molecule has 2 unspecified atom stereocenters. The Balaban J connectivity index is 2.25. The summed E-state index contributed by atoms with van der Waals surface area (Å²) in [5, 5.41) is 1.89. The molecular weight excluding hydrogens is 118 g/mol. The number of fused-ring (bicyclic) bond motifs is 3. The highest BCUT2D eigenvalue weighted by Crippen LogP contribution is 2.41. The van der Waals surface area contributed by atoms with Gasteiger partial charge < -0.3 is 4.57 Å². The fraction of sp³-hybridized carbons (Fsp3) is 0.400. The monoisotopic (exact) mass is 123 g/mol. The van der Waals surface area contributed by atoms with Crippen LogP contribution in [0.1, 0.15) is 12.1 Å². The third-order valence-electron chi connectivity index (χ3n) is 1.71. The second-order valence-electron chi connectivity index (χ2n) is 2.27. The molecule has 3 rings (SSSR count).